The monoisotopic (exact) mass is 1020 g/mol. The van der Waals surface area contributed by atoms with Crippen LogP contribution in [0.15, 0.2) is 141 Å². The number of ether oxygens (including phenoxy) is 1. The number of carbonyl (C=O) groups excluding carboxylic acids is 1. The van der Waals surface area contributed by atoms with Crippen LogP contribution in [0.4, 0.5) is 5.69 Å². The summed E-state index contributed by atoms with van der Waals surface area (Å²) in [6, 6.07) is 36.3. The van der Waals surface area contributed by atoms with E-state index in [-0.39, 0.29) is 10.8 Å². The highest BCUT2D eigenvalue weighted by atomic mass is 79.9. The molecule has 3 heterocycles. The summed E-state index contributed by atoms with van der Waals surface area (Å²) in [5, 5.41) is 5.42. The second-order valence-corrected chi connectivity index (χ2v) is 20.9. The van der Waals surface area contributed by atoms with Crippen LogP contribution < -0.4 is 24.9 Å². The smallest absolute Gasteiger partial charge is 0.294 e. The molecule has 0 bridgehead atoms. The van der Waals surface area contributed by atoms with E-state index >= 15 is 0 Å². The number of nitrogens with one attached hydrogen (secondary N) is 1. The predicted octanol–water partition coefficient (Wildman–Crippen LogP) is 12.1. The highest BCUT2D eigenvalue weighted by molar-refractivity contribution is 9.10. The number of nitrogens with zero attached hydrogens (tertiary/aromatic N) is 3. The fourth-order valence-corrected chi connectivity index (χ4v) is 10.9. The number of allylic oxidation sites excluding steroid dienone is 3. The normalized spacial score (nSPS) is 14.0. The number of hydrogen-bond acceptors (Lipinski definition) is 6. The Bertz CT molecular complexity index is 3250. The maximum absolute atomic E-state index is 13.2. The van der Waals surface area contributed by atoms with Crippen molar-refractivity contribution < 1.29 is 26.9 Å². The Morgan fingerprint density at radius 3 is 2.39 bits per heavy atom. The number of anilines is 1. The number of unbranched alkanes of at least 4 members (excludes halogenated alkanes) is 2. The van der Waals surface area contributed by atoms with Crippen molar-refractivity contribution in [2.45, 2.75) is 90.5 Å². The van der Waals surface area contributed by atoms with E-state index in [1.165, 1.54) is 22.9 Å². The van der Waals surface area contributed by atoms with Crippen molar-refractivity contribution >= 4 is 54.6 Å². The van der Waals surface area contributed by atoms with Crippen molar-refractivity contribution in [3.63, 3.8) is 0 Å². The SMILES string of the molecule is CC[N+](CC)=c1ccc2c(-c3ccccc3)c(C)c(/C=C/C=C3/N(CCCCCC(=O)NCCc4c(C)n(Cc5ccc(Br)cc5)c5ccc(OC)cc45)c4ccc(S(=O)(=O)O)cc4C3(C)C)oc-2c1. The second-order valence-electron chi connectivity index (χ2n) is 18.6. The van der Waals surface area contributed by atoms with Gasteiger partial charge in [0.05, 0.1) is 18.1 Å². The minimum absolute atomic E-state index is 0.0269. The fourth-order valence-electron chi connectivity index (χ4n) is 10.1. The molecular formula is C58H64BrN4O6S+. The van der Waals surface area contributed by atoms with Gasteiger partial charge in [-0.3, -0.25) is 9.35 Å². The first-order valence-electron chi connectivity index (χ1n) is 24.3. The summed E-state index contributed by atoms with van der Waals surface area (Å²) in [5.74, 6) is 2.37. The lowest BCUT2D eigenvalue weighted by atomic mass is 9.83. The van der Waals surface area contributed by atoms with Crippen LogP contribution in [0.3, 0.4) is 0 Å². The minimum atomic E-state index is -4.42. The Balaban J connectivity index is 0.978. The maximum Gasteiger partial charge on any atom is 0.294 e. The number of fused-ring (bicyclic) bond motifs is 3. The van der Waals surface area contributed by atoms with Gasteiger partial charge in [-0.25, -0.2) is 4.58 Å². The van der Waals surface area contributed by atoms with Crippen molar-refractivity contribution in [1.82, 2.24) is 14.5 Å². The predicted molar refractivity (Wildman–Crippen MR) is 287 cm³/mol. The molecule has 0 radical (unpaired) electrons. The molecule has 4 aromatic carbocycles. The summed E-state index contributed by atoms with van der Waals surface area (Å²) in [6.07, 6.45) is 9.58. The molecule has 5 aromatic rings. The molecule has 0 fully saturated rings. The number of methoxy groups -OCH3 is 1. The zero-order valence-corrected chi connectivity index (χ0v) is 43.7. The summed E-state index contributed by atoms with van der Waals surface area (Å²) in [6.45, 7) is 16.4. The zero-order valence-electron chi connectivity index (χ0n) is 41.3. The molecule has 1 aliphatic carbocycles. The molecule has 1 aromatic heterocycles. The molecule has 364 valence electrons. The van der Waals surface area contributed by atoms with E-state index < -0.39 is 15.5 Å². The van der Waals surface area contributed by atoms with Gasteiger partial charge in [0.2, 0.25) is 11.3 Å². The van der Waals surface area contributed by atoms with Crippen LogP contribution in [0.25, 0.3) is 39.4 Å². The third kappa shape index (κ3) is 10.6. The topological polar surface area (TPSA) is 117 Å². The van der Waals surface area contributed by atoms with E-state index in [9.17, 15) is 17.8 Å². The number of aromatic nitrogens is 1. The number of carbonyl (C=O) groups is 1. The third-order valence-electron chi connectivity index (χ3n) is 14.0. The van der Waals surface area contributed by atoms with E-state index in [1.54, 1.807) is 19.2 Å². The average molecular weight is 1030 g/mol. The van der Waals surface area contributed by atoms with E-state index in [0.717, 1.165) is 116 Å². The molecule has 0 saturated carbocycles. The fraction of sp³-hybridized carbons (Fsp3) is 0.310. The van der Waals surface area contributed by atoms with E-state index in [4.69, 9.17) is 9.15 Å². The lowest BCUT2D eigenvalue weighted by Crippen LogP contribution is -2.29. The Morgan fingerprint density at radius 1 is 0.914 bits per heavy atom. The van der Waals surface area contributed by atoms with Crippen LogP contribution >= 0.6 is 15.9 Å². The molecule has 0 saturated heterocycles. The van der Waals surface area contributed by atoms with Crippen LogP contribution in [0.5, 0.6) is 5.75 Å². The second kappa shape index (κ2) is 21.4. The van der Waals surface area contributed by atoms with Gasteiger partial charge in [-0.05, 0) is 142 Å². The molecule has 2 N–H and O–H groups in total. The number of hydrogen-bond donors (Lipinski definition) is 2. The lowest BCUT2D eigenvalue weighted by Gasteiger charge is -2.27. The van der Waals surface area contributed by atoms with E-state index in [1.807, 2.05) is 24.3 Å². The molecule has 2 aliphatic heterocycles. The highest BCUT2D eigenvalue weighted by Gasteiger charge is 2.40. The van der Waals surface area contributed by atoms with Gasteiger partial charge in [0.25, 0.3) is 10.1 Å². The Hall–Kier alpha value is -6.21. The van der Waals surface area contributed by atoms with Gasteiger partial charge < -0.3 is 23.9 Å². The van der Waals surface area contributed by atoms with Crippen molar-refractivity contribution in [1.29, 1.82) is 0 Å². The summed E-state index contributed by atoms with van der Waals surface area (Å²) in [4.78, 5) is 15.4. The highest BCUT2D eigenvalue weighted by Crippen LogP contribution is 2.49. The molecule has 70 heavy (non-hydrogen) atoms. The molecule has 0 atom stereocenters. The van der Waals surface area contributed by atoms with Crippen LogP contribution in [0.1, 0.15) is 87.1 Å². The number of rotatable bonds is 18. The molecule has 0 spiro atoms. The zero-order chi connectivity index (χ0) is 49.7. The molecule has 8 rings (SSSR count). The first kappa shape index (κ1) is 50.2. The van der Waals surface area contributed by atoms with Gasteiger partial charge in [0, 0.05) is 81.1 Å². The molecule has 0 unspecified atom stereocenters. The minimum Gasteiger partial charge on any atom is -0.497 e. The third-order valence-corrected chi connectivity index (χ3v) is 15.3. The van der Waals surface area contributed by atoms with E-state index in [2.05, 4.69) is 162 Å². The average Bonchev–Trinajstić information content (AvgIpc) is 3.72. The van der Waals surface area contributed by atoms with Gasteiger partial charge in [0.1, 0.15) is 30.4 Å². The Kier molecular flexibility index (Phi) is 15.4. The van der Waals surface area contributed by atoms with E-state index in [0.29, 0.717) is 25.9 Å². The quantitative estimate of drug-likeness (QED) is 0.0499. The lowest BCUT2D eigenvalue weighted by molar-refractivity contribution is -0.121. The number of amides is 1. The standard InChI is InChI=1S/C58H63BrN4O6S/c1-8-61(9-2)44-26-29-48-54(35-44)69-53(39(3)57(48)42-17-12-10-13-18-42)19-16-20-55-58(5,6)50-37-46(70(65,66)67)28-31-52(50)62(55)34-15-11-14-21-56(64)60-33-32-47-40(4)63(38-41-22-24-43(59)25-23-41)51-30-27-45(68-7)36-49(47)51/h10,12-13,16-20,22-31,35-37H,8-9,11,14-15,21,32-34,38H2,1-7H3,(H-,60,64,65,66,67)/p+1. The van der Waals surface area contributed by atoms with Crippen LogP contribution in [-0.2, 0) is 33.3 Å². The van der Waals surface area contributed by atoms with Gasteiger partial charge in [0.15, 0.2) is 0 Å². The van der Waals surface area contributed by atoms with Gasteiger partial charge >= 0.3 is 0 Å². The molecule has 12 heteroatoms. The molecule has 3 aliphatic rings. The maximum atomic E-state index is 13.2. The van der Waals surface area contributed by atoms with Gasteiger partial charge in [-0.15, -0.1) is 0 Å². The van der Waals surface area contributed by atoms with Crippen molar-refractivity contribution in [3.8, 4) is 28.2 Å². The molecular weight excluding hydrogens is 961 g/mol. The van der Waals surface area contributed by atoms with Crippen molar-refractivity contribution in [2.24, 2.45) is 0 Å². The van der Waals surface area contributed by atoms with Crippen LogP contribution in [-0.4, -0.2) is 56.7 Å². The Morgan fingerprint density at radius 2 is 1.67 bits per heavy atom. The van der Waals surface area contributed by atoms with Crippen molar-refractivity contribution in [3.05, 3.63) is 171 Å². The van der Waals surface area contributed by atoms with Crippen LogP contribution in [0.2, 0.25) is 0 Å². The van der Waals surface area contributed by atoms with Gasteiger partial charge in [-0.2, -0.15) is 8.42 Å². The molecule has 1 amide bonds. The number of halogens is 1. The Labute approximate surface area is 421 Å². The summed E-state index contributed by atoms with van der Waals surface area (Å²) >= 11 is 3.55. The summed E-state index contributed by atoms with van der Waals surface area (Å²) in [7, 11) is -2.74. The summed E-state index contributed by atoms with van der Waals surface area (Å²) in [5.41, 5.74) is 11.1. The van der Waals surface area contributed by atoms with Crippen LogP contribution in [0, 0.1) is 13.8 Å². The largest absolute Gasteiger partial charge is 0.497 e. The first-order chi connectivity index (χ1) is 33.6. The molecule has 10 nitrogen and oxygen atoms in total. The summed E-state index contributed by atoms with van der Waals surface area (Å²) < 4.78 is 52.7. The number of benzene rings is 5. The first-order valence-corrected chi connectivity index (χ1v) is 26.5. The van der Waals surface area contributed by atoms with Gasteiger partial charge in [-0.1, -0.05) is 84.7 Å². The van der Waals surface area contributed by atoms with Crippen molar-refractivity contribution in [2.75, 3.05) is 38.2 Å².